The van der Waals surface area contributed by atoms with E-state index in [-0.39, 0.29) is 17.1 Å². The Labute approximate surface area is 119 Å². The lowest BCUT2D eigenvalue weighted by atomic mass is 10.2. The number of pyridine rings is 1. The second-order valence-electron chi connectivity index (χ2n) is 4.06. The van der Waals surface area contributed by atoms with Crippen LogP contribution < -0.4 is 10.6 Å². The molecule has 0 saturated carbocycles. The van der Waals surface area contributed by atoms with Crippen LogP contribution in [0.5, 0.6) is 0 Å². The molecular formula is C13H11FN4O3. The predicted molar refractivity (Wildman–Crippen MR) is 74.8 cm³/mol. The number of nitro groups is 1. The summed E-state index contributed by atoms with van der Waals surface area (Å²) in [5.74, 6) is -0.803. The molecule has 0 spiro atoms. The Kier molecular flexibility index (Phi) is 4.07. The van der Waals surface area contributed by atoms with Gasteiger partial charge in [0, 0.05) is 18.8 Å². The topological polar surface area (TPSA) is 97.2 Å². The third-order valence-electron chi connectivity index (χ3n) is 2.67. The molecule has 0 unspecified atom stereocenters. The molecule has 1 amide bonds. The standard InChI is InChI=1S/C13H11FN4O3/c1-15-12-11(6-10(7-16-12)18(20)21)13(19)17-9-4-2-8(14)3-5-9/h2-7H,1H3,(H,15,16)(H,17,19). The van der Waals surface area contributed by atoms with Crippen molar-refractivity contribution in [3.05, 3.63) is 58.0 Å². The summed E-state index contributed by atoms with van der Waals surface area (Å²) in [5, 5.41) is 15.9. The van der Waals surface area contributed by atoms with Crippen molar-refractivity contribution in [1.29, 1.82) is 0 Å². The van der Waals surface area contributed by atoms with E-state index in [4.69, 9.17) is 0 Å². The van der Waals surface area contributed by atoms with Crippen LogP contribution in [0.25, 0.3) is 0 Å². The molecule has 0 bridgehead atoms. The summed E-state index contributed by atoms with van der Waals surface area (Å²) >= 11 is 0. The van der Waals surface area contributed by atoms with Crippen LogP contribution >= 0.6 is 0 Å². The molecule has 0 aliphatic heterocycles. The number of hydrogen-bond acceptors (Lipinski definition) is 5. The van der Waals surface area contributed by atoms with Gasteiger partial charge in [0.2, 0.25) is 0 Å². The highest BCUT2D eigenvalue weighted by atomic mass is 19.1. The molecule has 1 heterocycles. The lowest BCUT2D eigenvalue weighted by Gasteiger charge is -2.08. The van der Waals surface area contributed by atoms with Gasteiger partial charge in [0.05, 0.1) is 10.5 Å². The van der Waals surface area contributed by atoms with E-state index in [9.17, 15) is 19.3 Å². The highest BCUT2D eigenvalue weighted by Crippen LogP contribution is 2.20. The number of nitrogens with zero attached hydrogens (tertiary/aromatic N) is 2. The average molecular weight is 290 g/mol. The Balaban J connectivity index is 2.30. The van der Waals surface area contributed by atoms with E-state index >= 15 is 0 Å². The van der Waals surface area contributed by atoms with Crippen molar-refractivity contribution in [1.82, 2.24) is 4.98 Å². The number of carbonyl (C=O) groups excluding carboxylic acids is 1. The zero-order valence-corrected chi connectivity index (χ0v) is 11.0. The zero-order chi connectivity index (χ0) is 15.4. The Hall–Kier alpha value is -3.03. The number of anilines is 2. The van der Waals surface area contributed by atoms with Gasteiger partial charge >= 0.3 is 0 Å². The van der Waals surface area contributed by atoms with E-state index in [1.165, 1.54) is 24.3 Å². The summed E-state index contributed by atoms with van der Waals surface area (Å²) in [6, 6.07) is 6.28. The van der Waals surface area contributed by atoms with Crippen LogP contribution in [-0.2, 0) is 0 Å². The molecule has 1 aromatic heterocycles. The van der Waals surface area contributed by atoms with Gasteiger partial charge in [-0.1, -0.05) is 0 Å². The van der Waals surface area contributed by atoms with Gasteiger partial charge in [-0.2, -0.15) is 0 Å². The monoisotopic (exact) mass is 290 g/mol. The van der Waals surface area contributed by atoms with E-state index in [0.717, 1.165) is 12.3 Å². The Bertz CT molecular complexity index is 688. The zero-order valence-electron chi connectivity index (χ0n) is 11.0. The molecule has 0 radical (unpaired) electrons. The van der Waals surface area contributed by atoms with Crippen molar-refractivity contribution in [2.24, 2.45) is 0 Å². The number of nitrogens with one attached hydrogen (secondary N) is 2. The minimum absolute atomic E-state index is 0.0241. The smallest absolute Gasteiger partial charge is 0.288 e. The van der Waals surface area contributed by atoms with E-state index < -0.39 is 16.6 Å². The first-order chi connectivity index (χ1) is 10.0. The fourth-order valence-electron chi connectivity index (χ4n) is 1.66. The Morgan fingerprint density at radius 1 is 1.33 bits per heavy atom. The molecule has 7 nitrogen and oxygen atoms in total. The van der Waals surface area contributed by atoms with Crippen molar-refractivity contribution < 1.29 is 14.1 Å². The fourth-order valence-corrected chi connectivity index (χ4v) is 1.66. The summed E-state index contributed by atoms with van der Waals surface area (Å²) in [5.41, 5.74) is 0.101. The third kappa shape index (κ3) is 3.30. The molecular weight excluding hydrogens is 279 g/mol. The molecule has 0 aliphatic carbocycles. The summed E-state index contributed by atoms with van der Waals surface area (Å²) in [6.45, 7) is 0. The first kappa shape index (κ1) is 14.4. The maximum atomic E-state index is 12.8. The number of aromatic nitrogens is 1. The van der Waals surface area contributed by atoms with Gasteiger partial charge in [-0.25, -0.2) is 9.37 Å². The molecule has 108 valence electrons. The first-order valence-corrected chi connectivity index (χ1v) is 5.90. The van der Waals surface area contributed by atoms with Crippen molar-refractivity contribution in [3.8, 4) is 0 Å². The average Bonchev–Trinajstić information content (AvgIpc) is 2.48. The highest BCUT2D eigenvalue weighted by molar-refractivity contribution is 6.07. The largest absolute Gasteiger partial charge is 0.372 e. The molecule has 8 heteroatoms. The van der Waals surface area contributed by atoms with Gasteiger partial charge in [0.25, 0.3) is 11.6 Å². The number of amides is 1. The molecule has 2 N–H and O–H groups in total. The molecule has 0 aliphatic rings. The molecule has 0 fully saturated rings. The van der Waals surface area contributed by atoms with Crippen LogP contribution in [0.15, 0.2) is 36.5 Å². The Morgan fingerprint density at radius 3 is 2.57 bits per heavy atom. The van der Waals surface area contributed by atoms with Crippen LogP contribution in [0.1, 0.15) is 10.4 Å². The minimum Gasteiger partial charge on any atom is -0.372 e. The Morgan fingerprint density at radius 2 is 2.00 bits per heavy atom. The number of hydrogen-bond donors (Lipinski definition) is 2. The van der Waals surface area contributed by atoms with E-state index in [0.29, 0.717) is 5.69 Å². The molecule has 21 heavy (non-hydrogen) atoms. The molecule has 1 aromatic carbocycles. The summed E-state index contributed by atoms with van der Waals surface area (Å²) in [6.07, 6.45) is 1.06. The summed E-state index contributed by atoms with van der Waals surface area (Å²) < 4.78 is 12.8. The van der Waals surface area contributed by atoms with Crippen molar-refractivity contribution in [2.75, 3.05) is 17.7 Å². The van der Waals surface area contributed by atoms with Gasteiger partial charge in [-0.3, -0.25) is 14.9 Å². The lowest BCUT2D eigenvalue weighted by molar-refractivity contribution is -0.385. The third-order valence-corrected chi connectivity index (χ3v) is 2.67. The predicted octanol–water partition coefficient (Wildman–Crippen LogP) is 2.42. The second kappa shape index (κ2) is 5.95. The number of rotatable bonds is 4. The quantitative estimate of drug-likeness (QED) is 0.665. The van der Waals surface area contributed by atoms with Crippen LogP contribution in [0, 0.1) is 15.9 Å². The van der Waals surface area contributed by atoms with E-state index in [1.54, 1.807) is 7.05 Å². The van der Waals surface area contributed by atoms with Gasteiger partial charge < -0.3 is 10.6 Å². The maximum Gasteiger partial charge on any atom is 0.288 e. The van der Waals surface area contributed by atoms with Gasteiger partial charge in [-0.15, -0.1) is 0 Å². The minimum atomic E-state index is -0.638. The SMILES string of the molecule is CNc1ncc([N+](=O)[O-])cc1C(=O)Nc1ccc(F)cc1. The van der Waals surface area contributed by atoms with Crippen LogP contribution in [0.2, 0.25) is 0 Å². The van der Waals surface area contributed by atoms with Gasteiger partial charge in [-0.05, 0) is 24.3 Å². The van der Waals surface area contributed by atoms with Crippen LogP contribution in [-0.4, -0.2) is 22.9 Å². The van der Waals surface area contributed by atoms with Crippen molar-refractivity contribution >= 4 is 23.1 Å². The van der Waals surface area contributed by atoms with Crippen LogP contribution in [0.4, 0.5) is 21.6 Å². The van der Waals surface area contributed by atoms with Gasteiger partial charge in [0.1, 0.15) is 17.8 Å². The second-order valence-corrected chi connectivity index (χ2v) is 4.06. The number of benzene rings is 1. The first-order valence-electron chi connectivity index (χ1n) is 5.90. The molecule has 2 aromatic rings. The maximum absolute atomic E-state index is 12.8. The van der Waals surface area contributed by atoms with Crippen molar-refractivity contribution in [2.45, 2.75) is 0 Å². The van der Waals surface area contributed by atoms with Gasteiger partial charge in [0.15, 0.2) is 0 Å². The summed E-state index contributed by atoms with van der Waals surface area (Å²) in [4.78, 5) is 26.1. The van der Waals surface area contributed by atoms with E-state index in [2.05, 4.69) is 15.6 Å². The van der Waals surface area contributed by atoms with Crippen LogP contribution in [0.3, 0.4) is 0 Å². The van der Waals surface area contributed by atoms with E-state index in [1.807, 2.05) is 0 Å². The lowest BCUT2D eigenvalue weighted by Crippen LogP contribution is -2.15. The molecule has 0 atom stereocenters. The molecule has 0 saturated heterocycles. The summed E-state index contributed by atoms with van der Waals surface area (Å²) in [7, 11) is 1.54. The number of halogens is 1. The normalized spacial score (nSPS) is 10.0. The highest BCUT2D eigenvalue weighted by Gasteiger charge is 2.17. The number of carbonyl (C=O) groups is 1. The fraction of sp³-hybridized carbons (Fsp3) is 0.0769. The molecule has 2 rings (SSSR count). The van der Waals surface area contributed by atoms with Crippen molar-refractivity contribution in [3.63, 3.8) is 0 Å².